The van der Waals surface area contributed by atoms with Gasteiger partial charge in [0.15, 0.2) is 0 Å². The van der Waals surface area contributed by atoms with Crippen LogP contribution in [0.2, 0.25) is 0 Å². The largest absolute Gasteiger partial charge is 0.512 e. The summed E-state index contributed by atoms with van der Waals surface area (Å²) in [5.74, 6) is 0.559. The number of hydrogen-bond acceptors (Lipinski definition) is 4. The van der Waals surface area contributed by atoms with Crippen LogP contribution in [0.5, 0.6) is 0 Å². The van der Waals surface area contributed by atoms with E-state index in [-0.39, 0.29) is 43.4 Å². The summed E-state index contributed by atoms with van der Waals surface area (Å²) in [7, 11) is 0. The first-order chi connectivity index (χ1) is 12.0. The fourth-order valence-corrected chi connectivity index (χ4v) is 2.06. The molecule has 2 rings (SSSR count). The second-order valence-electron chi connectivity index (χ2n) is 8.45. The topological polar surface area (TPSA) is 66.2 Å². The number of pyridine rings is 2. The Morgan fingerprint density at radius 1 is 0.704 bits per heavy atom. The van der Waals surface area contributed by atoms with Crippen LogP contribution < -0.4 is 0 Å². The van der Waals surface area contributed by atoms with Gasteiger partial charge in [-0.15, -0.1) is 0 Å². The molecule has 0 aliphatic heterocycles. The molecule has 2 aromatic heterocycles. The molecular weight excluding hydrogens is 519 g/mol. The van der Waals surface area contributed by atoms with Gasteiger partial charge in [0.05, 0.1) is 34.3 Å². The standard InChI is InChI=1S/C22H28N2O2.Pt/c1-21(2,3)19(25)13-15-9-7-11-17(23-15)18-12-8-10-16(24-18)14-20(26)22(4,5)6;/h7-14,25-26H,1-6H3;/b19-13-,20-14-;. The van der Waals surface area contributed by atoms with Gasteiger partial charge in [0.2, 0.25) is 0 Å². The predicted molar refractivity (Wildman–Crippen MR) is 108 cm³/mol. The van der Waals surface area contributed by atoms with E-state index in [1.807, 2.05) is 77.9 Å². The summed E-state index contributed by atoms with van der Waals surface area (Å²) in [5.41, 5.74) is 2.12. The Bertz CT molecular complexity index is 772. The summed E-state index contributed by atoms with van der Waals surface area (Å²) in [5, 5.41) is 20.4. The van der Waals surface area contributed by atoms with Gasteiger partial charge in [0.1, 0.15) is 0 Å². The van der Waals surface area contributed by atoms with Gasteiger partial charge in [-0.1, -0.05) is 53.7 Å². The summed E-state index contributed by atoms with van der Waals surface area (Å²) >= 11 is 0. The van der Waals surface area contributed by atoms with E-state index in [0.29, 0.717) is 22.8 Å². The summed E-state index contributed by atoms with van der Waals surface area (Å²) in [6.07, 6.45) is 3.36. The number of nitrogens with zero attached hydrogens (tertiary/aromatic N) is 2. The van der Waals surface area contributed by atoms with Crippen molar-refractivity contribution in [2.24, 2.45) is 10.8 Å². The van der Waals surface area contributed by atoms with Crippen molar-refractivity contribution in [1.29, 1.82) is 0 Å². The Morgan fingerprint density at radius 2 is 1.04 bits per heavy atom. The molecule has 0 bridgehead atoms. The first-order valence-electron chi connectivity index (χ1n) is 8.73. The van der Waals surface area contributed by atoms with Crippen molar-refractivity contribution < 1.29 is 31.3 Å². The zero-order valence-corrected chi connectivity index (χ0v) is 19.0. The van der Waals surface area contributed by atoms with Crippen molar-refractivity contribution in [2.45, 2.75) is 41.5 Å². The van der Waals surface area contributed by atoms with Crippen LogP contribution in [0.3, 0.4) is 0 Å². The summed E-state index contributed by atoms with van der Waals surface area (Å²) in [6.45, 7) is 11.7. The maximum Gasteiger partial charge on any atom is 0.0997 e. The summed E-state index contributed by atoms with van der Waals surface area (Å²) in [6, 6.07) is 11.2. The first-order valence-corrected chi connectivity index (χ1v) is 8.73. The third-order valence-corrected chi connectivity index (χ3v) is 3.91. The van der Waals surface area contributed by atoms with E-state index in [2.05, 4.69) is 9.97 Å². The maximum atomic E-state index is 10.2. The van der Waals surface area contributed by atoms with Crippen molar-refractivity contribution in [1.82, 2.24) is 9.97 Å². The molecule has 0 aliphatic rings. The number of aliphatic hydroxyl groups excluding tert-OH is 2. The van der Waals surface area contributed by atoms with Crippen LogP contribution in [0.4, 0.5) is 0 Å². The minimum absolute atomic E-state index is 0. The second kappa shape index (κ2) is 8.84. The van der Waals surface area contributed by atoms with Crippen LogP contribution >= 0.6 is 0 Å². The van der Waals surface area contributed by atoms with E-state index in [9.17, 15) is 10.2 Å². The predicted octanol–water partition coefficient (Wildman–Crippen LogP) is 6.03. The van der Waals surface area contributed by atoms with Crippen LogP contribution in [0, 0.1) is 10.8 Å². The molecule has 0 aromatic carbocycles. The van der Waals surface area contributed by atoms with E-state index in [4.69, 9.17) is 0 Å². The molecular formula is C22H28N2O2Pt. The molecule has 0 saturated carbocycles. The molecule has 4 nitrogen and oxygen atoms in total. The average Bonchev–Trinajstić information content (AvgIpc) is 2.53. The normalized spacial score (nSPS) is 13.3. The van der Waals surface area contributed by atoms with Crippen LogP contribution in [0.15, 0.2) is 47.9 Å². The molecule has 0 saturated heterocycles. The van der Waals surface area contributed by atoms with Gasteiger partial charge in [0.25, 0.3) is 0 Å². The second-order valence-corrected chi connectivity index (χ2v) is 8.45. The van der Waals surface area contributed by atoms with Gasteiger partial charge in [-0.2, -0.15) is 0 Å². The molecule has 0 fully saturated rings. The van der Waals surface area contributed by atoms with Crippen molar-refractivity contribution >= 4 is 12.2 Å². The number of allylic oxidation sites excluding steroid dienone is 2. The first kappa shape index (κ1) is 23.1. The average molecular weight is 548 g/mol. The maximum absolute atomic E-state index is 10.2. The molecule has 5 heteroatoms. The van der Waals surface area contributed by atoms with Gasteiger partial charge in [-0.3, -0.25) is 0 Å². The van der Waals surface area contributed by atoms with E-state index in [1.54, 1.807) is 12.2 Å². The smallest absolute Gasteiger partial charge is 0.0997 e. The van der Waals surface area contributed by atoms with Gasteiger partial charge in [-0.05, 0) is 24.3 Å². The van der Waals surface area contributed by atoms with Gasteiger partial charge >= 0.3 is 0 Å². The fourth-order valence-electron chi connectivity index (χ4n) is 2.06. The zero-order valence-electron chi connectivity index (χ0n) is 16.7. The Morgan fingerprint density at radius 3 is 1.33 bits per heavy atom. The third kappa shape index (κ3) is 6.62. The molecule has 0 radical (unpaired) electrons. The Hall–Kier alpha value is -1.93. The molecule has 27 heavy (non-hydrogen) atoms. The van der Waals surface area contributed by atoms with E-state index in [1.165, 1.54) is 0 Å². The van der Waals surface area contributed by atoms with Crippen LogP contribution in [0.1, 0.15) is 52.9 Å². The minimum Gasteiger partial charge on any atom is -0.512 e. The van der Waals surface area contributed by atoms with E-state index < -0.39 is 0 Å². The number of hydrogen-bond donors (Lipinski definition) is 2. The number of aliphatic hydroxyl groups is 2. The molecule has 0 amide bonds. The molecule has 2 aromatic rings. The van der Waals surface area contributed by atoms with Crippen LogP contribution in [-0.2, 0) is 21.1 Å². The molecule has 2 N–H and O–H groups in total. The Kier molecular flexibility index (Phi) is 7.56. The molecule has 0 spiro atoms. The van der Waals surface area contributed by atoms with Gasteiger partial charge in [-0.25, -0.2) is 9.97 Å². The minimum atomic E-state index is -0.328. The quantitative estimate of drug-likeness (QED) is 0.461. The SMILES string of the molecule is CC(C)(C)/C(O)=C/c1cccc(-c2cccc(/C=C(\O)C(C)(C)C)n2)n1.[Pt]. The zero-order chi connectivity index (χ0) is 19.5. The Labute approximate surface area is 176 Å². The molecule has 0 atom stereocenters. The van der Waals surface area contributed by atoms with Crippen LogP contribution in [-0.4, -0.2) is 20.2 Å². The summed E-state index contributed by atoms with van der Waals surface area (Å²) < 4.78 is 0. The van der Waals surface area contributed by atoms with Crippen LogP contribution in [0.25, 0.3) is 23.5 Å². The molecule has 2 heterocycles. The summed E-state index contributed by atoms with van der Waals surface area (Å²) in [4.78, 5) is 9.17. The van der Waals surface area contributed by atoms with Gasteiger partial charge in [0, 0.05) is 44.0 Å². The third-order valence-electron chi connectivity index (χ3n) is 3.91. The fraction of sp³-hybridized carbons (Fsp3) is 0.364. The van der Waals surface area contributed by atoms with Crippen molar-refractivity contribution in [3.63, 3.8) is 0 Å². The monoisotopic (exact) mass is 547 g/mol. The molecule has 0 aliphatic carbocycles. The molecule has 148 valence electrons. The van der Waals surface area contributed by atoms with E-state index >= 15 is 0 Å². The molecule has 0 unspecified atom stereocenters. The van der Waals surface area contributed by atoms with Crippen molar-refractivity contribution in [2.75, 3.05) is 0 Å². The number of aromatic nitrogens is 2. The van der Waals surface area contributed by atoms with Gasteiger partial charge < -0.3 is 10.2 Å². The van der Waals surface area contributed by atoms with Crippen molar-refractivity contribution in [3.05, 3.63) is 59.3 Å². The Balaban J connectivity index is 0.00000364. The number of rotatable bonds is 3. The van der Waals surface area contributed by atoms with Crippen molar-refractivity contribution in [3.8, 4) is 11.4 Å². The van der Waals surface area contributed by atoms with E-state index in [0.717, 1.165) is 0 Å².